The Morgan fingerprint density at radius 1 is 1.04 bits per heavy atom. The summed E-state index contributed by atoms with van der Waals surface area (Å²) in [7, 11) is 0. The first-order chi connectivity index (χ1) is 11.4. The third-order valence-corrected chi connectivity index (χ3v) is 4.12. The standard InChI is InChI=1S/C21H27NO2/c1-6-17-9-8-10-18(7-2)20(17)22-21(23)16(5)24-19-12-14(3)11-15(4)13-19/h8-13,16H,6-7H2,1-5H3,(H,22,23)/t16-/m0/s1. The number of benzene rings is 2. The third-order valence-electron chi connectivity index (χ3n) is 4.12. The molecule has 0 saturated carbocycles. The summed E-state index contributed by atoms with van der Waals surface area (Å²) in [4.78, 5) is 12.6. The van der Waals surface area contributed by atoms with Crippen LogP contribution in [0.3, 0.4) is 0 Å². The molecule has 1 amide bonds. The monoisotopic (exact) mass is 325 g/mol. The van der Waals surface area contributed by atoms with Gasteiger partial charge >= 0.3 is 0 Å². The summed E-state index contributed by atoms with van der Waals surface area (Å²) in [6.07, 6.45) is 1.21. The van der Waals surface area contributed by atoms with E-state index in [0.29, 0.717) is 0 Å². The van der Waals surface area contributed by atoms with Gasteiger partial charge in [0.05, 0.1) is 0 Å². The van der Waals surface area contributed by atoms with Crippen LogP contribution >= 0.6 is 0 Å². The molecular weight excluding hydrogens is 298 g/mol. The van der Waals surface area contributed by atoms with Gasteiger partial charge in [0.1, 0.15) is 5.75 Å². The van der Waals surface area contributed by atoms with Crippen LogP contribution in [0.4, 0.5) is 5.69 Å². The van der Waals surface area contributed by atoms with Gasteiger partial charge in [0.2, 0.25) is 0 Å². The zero-order chi connectivity index (χ0) is 17.7. The average molecular weight is 325 g/mol. The summed E-state index contributed by atoms with van der Waals surface area (Å²) in [5.41, 5.74) is 5.50. The normalized spacial score (nSPS) is 11.9. The minimum atomic E-state index is -0.555. The van der Waals surface area contributed by atoms with Gasteiger partial charge in [0.25, 0.3) is 5.91 Å². The molecule has 0 heterocycles. The number of hydrogen-bond acceptors (Lipinski definition) is 2. The largest absolute Gasteiger partial charge is 0.481 e. The fourth-order valence-corrected chi connectivity index (χ4v) is 2.89. The zero-order valence-corrected chi connectivity index (χ0v) is 15.3. The minimum absolute atomic E-state index is 0.121. The van der Waals surface area contributed by atoms with Gasteiger partial charge in [0, 0.05) is 5.69 Å². The van der Waals surface area contributed by atoms with Gasteiger partial charge in [-0.05, 0) is 68.0 Å². The third kappa shape index (κ3) is 4.38. The number of amides is 1. The number of carbonyl (C=O) groups excluding carboxylic acids is 1. The van der Waals surface area contributed by atoms with E-state index in [1.165, 1.54) is 0 Å². The summed E-state index contributed by atoms with van der Waals surface area (Å²) >= 11 is 0. The van der Waals surface area contributed by atoms with Crippen LogP contribution in [-0.4, -0.2) is 12.0 Å². The van der Waals surface area contributed by atoms with Crippen LogP contribution in [0.15, 0.2) is 36.4 Å². The Morgan fingerprint density at radius 3 is 2.08 bits per heavy atom. The predicted octanol–water partition coefficient (Wildman–Crippen LogP) is 4.83. The molecule has 0 aromatic heterocycles. The van der Waals surface area contributed by atoms with Crippen LogP contribution < -0.4 is 10.1 Å². The van der Waals surface area contributed by atoms with Crippen LogP contribution in [0.5, 0.6) is 5.75 Å². The quantitative estimate of drug-likeness (QED) is 0.826. The molecule has 0 aliphatic rings. The molecular formula is C21H27NO2. The second kappa shape index (κ2) is 8.00. The minimum Gasteiger partial charge on any atom is -0.481 e. The van der Waals surface area contributed by atoms with Crippen LogP contribution in [0.25, 0.3) is 0 Å². The van der Waals surface area contributed by atoms with E-state index in [-0.39, 0.29) is 5.91 Å². The molecule has 1 atom stereocenters. The van der Waals surface area contributed by atoms with E-state index in [2.05, 4.69) is 37.4 Å². The van der Waals surface area contributed by atoms with E-state index in [1.54, 1.807) is 6.92 Å². The molecule has 2 aromatic rings. The number of ether oxygens (including phenoxy) is 1. The van der Waals surface area contributed by atoms with E-state index >= 15 is 0 Å². The van der Waals surface area contributed by atoms with Crippen molar-refractivity contribution in [1.82, 2.24) is 0 Å². The molecule has 128 valence electrons. The number of rotatable bonds is 6. The Bertz CT molecular complexity index is 679. The van der Waals surface area contributed by atoms with E-state index in [1.807, 2.05) is 32.0 Å². The summed E-state index contributed by atoms with van der Waals surface area (Å²) < 4.78 is 5.84. The molecule has 2 rings (SSSR count). The van der Waals surface area contributed by atoms with Gasteiger partial charge in [-0.2, -0.15) is 0 Å². The molecule has 0 unspecified atom stereocenters. The van der Waals surface area contributed by atoms with Crippen molar-refractivity contribution in [2.75, 3.05) is 5.32 Å². The number of carbonyl (C=O) groups is 1. The topological polar surface area (TPSA) is 38.3 Å². The highest BCUT2D eigenvalue weighted by Crippen LogP contribution is 2.23. The van der Waals surface area contributed by atoms with E-state index in [0.717, 1.165) is 46.5 Å². The number of aryl methyl sites for hydroxylation is 4. The van der Waals surface area contributed by atoms with Crippen LogP contribution in [0, 0.1) is 13.8 Å². The second-order valence-electron chi connectivity index (χ2n) is 6.23. The zero-order valence-electron chi connectivity index (χ0n) is 15.3. The van der Waals surface area contributed by atoms with Gasteiger partial charge < -0.3 is 10.1 Å². The number of para-hydroxylation sites is 1. The maximum atomic E-state index is 12.6. The van der Waals surface area contributed by atoms with Crippen molar-refractivity contribution < 1.29 is 9.53 Å². The molecule has 2 aromatic carbocycles. The van der Waals surface area contributed by atoms with Crippen LogP contribution in [0.1, 0.15) is 43.0 Å². The Balaban J connectivity index is 2.14. The molecule has 0 radical (unpaired) electrons. The molecule has 0 aliphatic heterocycles. The second-order valence-corrected chi connectivity index (χ2v) is 6.23. The van der Waals surface area contributed by atoms with Crippen molar-refractivity contribution in [3.8, 4) is 5.75 Å². The van der Waals surface area contributed by atoms with Gasteiger partial charge in [-0.15, -0.1) is 0 Å². The van der Waals surface area contributed by atoms with Crippen molar-refractivity contribution >= 4 is 11.6 Å². The van der Waals surface area contributed by atoms with Crippen molar-refractivity contribution in [2.45, 2.75) is 53.6 Å². The maximum Gasteiger partial charge on any atom is 0.265 e. The molecule has 0 saturated heterocycles. The molecule has 3 nitrogen and oxygen atoms in total. The molecule has 0 bridgehead atoms. The molecule has 3 heteroatoms. The highest BCUT2D eigenvalue weighted by Gasteiger charge is 2.17. The van der Waals surface area contributed by atoms with E-state index < -0.39 is 6.10 Å². The summed E-state index contributed by atoms with van der Waals surface area (Å²) in [5, 5.41) is 3.07. The number of hydrogen-bond donors (Lipinski definition) is 1. The van der Waals surface area contributed by atoms with Gasteiger partial charge in [-0.1, -0.05) is 38.1 Å². The summed E-state index contributed by atoms with van der Waals surface area (Å²) in [5.74, 6) is 0.611. The molecule has 0 fully saturated rings. The Labute approximate surface area is 145 Å². The SMILES string of the molecule is CCc1cccc(CC)c1NC(=O)[C@H](C)Oc1cc(C)cc(C)c1. The fraction of sp³-hybridized carbons (Fsp3) is 0.381. The van der Waals surface area contributed by atoms with Crippen molar-refractivity contribution in [3.05, 3.63) is 58.7 Å². The predicted molar refractivity (Wildman–Crippen MR) is 99.8 cm³/mol. The fourth-order valence-electron chi connectivity index (χ4n) is 2.89. The van der Waals surface area contributed by atoms with Gasteiger partial charge in [0.15, 0.2) is 6.10 Å². The lowest BCUT2D eigenvalue weighted by Gasteiger charge is -2.19. The lowest BCUT2D eigenvalue weighted by atomic mass is 10.0. The van der Waals surface area contributed by atoms with Crippen LogP contribution in [0.2, 0.25) is 0 Å². The van der Waals surface area contributed by atoms with E-state index in [9.17, 15) is 4.79 Å². The van der Waals surface area contributed by atoms with E-state index in [4.69, 9.17) is 4.74 Å². The lowest BCUT2D eigenvalue weighted by Crippen LogP contribution is -2.31. The van der Waals surface area contributed by atoms with Crippen molar-refractivity contribution in [1.29, 1.82) is 0 Å². The first-order valence-electron chi connectivity index (χ1n) is 8.61. The molecule has 1 N–H and O–H groups in total. The number of nitrogens with one attached hydrogen (secondary N) is 1. The average Bonchev–Trinajstić information content (AvgIpc) is 2.53. The first-order valence-corrected chi connectivity index (χ1v) is 8.61. The molecule has 24 heavy (non-hydrogen) atoms. The van der Waals surface area contributed by atoms with Crippen molar-refractivity contribution in [2.24, 2.45) is 0 Å². The van der Waals surface area contributed by atoms with Crippen molar-refractivity contribution in [3.63, 3.8) is 0 Å². The number of anilines is 1. The smallest absolute Gasteiger partial charge is 0.265 e. The first kappa shape index (κ1) is 18.1. The summed E-state index contributed by atoms with van der Waals surface area (Å²) in [6, 6.07) is 12.2. The van der Waals surface area contributed by atoms with Gasteiger partial charge in [-0.3, -0.25) is 4.79 Å². The summed E-state index contributed by atoms with van der Waals surface area (Å²) in [6.45, 7) is 10.0. The molecule has 0 spiro atoms. The highest BCUT2D eigenvalue weighted by molar-refractivity contribution is 5.95. The Hall–Kier alpha value is -2.29. The lowest BCUT2D eigenvalue weighted by molar-refractivity contribution is -0.122. The highest BCUT2D eigenvalue weighted by atomic mass is 16.5. The van der Waals surface area contributed by atoms with Gasteiger partial charge in [-0.25, -0.2) is 0 Å². The Kier molecular flexibility index (Phi) is 6.02. The Morgan fingerprint density at radius 2 is 1.58 bits per heavy atom. The van der Waals surface area contributed by atoms with Crippen LogP contribution in [-0.2, 0) is 17.6 Å². The molecule has 0 aliphatic carbocycles. The maximum absolute atomic E-state index is 12.6.